The molecule has 0 aliphatic carbocycles. The van der Waals surface area contributed by atoms with Gasteiger partial charge in [-0.25, -0.2) is 15.0 Å². The van der Waals surface area contributed by atoms with Crippen LogP contribution in [0.3, 0.4) is 0 Å². The first kappa shape index (κ1) is 26.4. The minimum Gasteiger partial charge on any atom is -0.309 e. The molecule has 0 N–H and O–H groups in total. The topological polar surface area (TPSA) is 43.6 Å². The standard InChI is InChI=1S/C51H34N4/c1-4-14-35(15-5-1)38-24-28-40(29-25-38)49-52-50(41-30-26-39(27-31-41)36-16-6-2-7-17-36)54-51(53-49)43-32-42(37-18-8-3-9-19-37)33-44(34-43)55-47-22-12-10-20-45(47)46-21-11-13-23-48(46)55/h1-34H/i10D,11D,20D,21D,22D,23D. The van der Waals surface area contributed by atoms with Gasteiger partial charge in [0.25, 0.3) is 0 Å². The Labute approximate surface area is 328 Å². The first-order valence-corrected chi connectivity index (χ1v) is 18.0. The summed E-state index contributed by atoms with van der Waals surface area (Å²) in [5, 5.41) is 0.379. The van der Waals surface area contributed by atoms with Crippen LogP contribution in [0, 0.1) is 0 Å². The maximum atomic E-state index is 9.11. The Morgan fingerprint density at radius 1 is 0.327 bits per heavy atom. The Balaban J connectivity index is 1.22. The van der Waals surface area contributed by atoms with E-state index in [2.05, 4.69) is 48.5 Å². The average molecular weight is 709 g/mol. The first-order chi connectivity index (χ1) is 29.7. The van der Waals surface area contributed by atoms with Crippen molar-refractivity contribution in [2.24, 2.45) is 0 Å². The summed E-state index contributed by atoms with van der Waals surface area (Å²) >= 11 is 0. The third-order valence-electron chi connectivity index (χ3n) is 9.80. The zero-order valence-electron chi connectivity index (χ0n) is 35.5. The van der Waals surface area contributed by atoms with Crippen LogP contribution in [0.2, 0.25) is 0 Å². The van der Waals surface area contributed by atoms with Crippen molar-refractivity contribution in [1.29, 1.82) is 0 Å². The largest absolute Gasteiger partial charge is 0.309 e. The Morgan fingerprint density at radius 2 is 0.691 bits per heavy atom. The van der Waals surface area contributed by atoms with Crippen molar-refractivity contribution >= 4 is 21.8 Å². The maximum Gasteiger partial charge on any atom is 0.164 e. The highest BCUT2D eigenvalue weighted by molar-refractivity contribution is 6.09. The van der Waals surface area contributed by atoms with Crippen LogP contribution in [0.5, 0.6) is 0 Å². The number of nitrogens with zero attached hydrogens (tertiary/aromatic N) is 4. The van der Waals surface area contributed by atoms with Crippen molar-refractivity contribution in [3.8, 4) is 73.2 Å². The molecular formula is C51H34N4. The van der Waals surface area contributed by atoms with Crippen molar-refractivity contribution < 1.29 is 8.22 Å². The van der Waals surface area contributed by atoms with Gasteiger partial charge in [-0.3, -0.25) is 0 Å². The fourth-order valence-electron chi connectivity index (χ4n) is 7.09. The zero-order chi connectivity index (χ0) is 41.8. The van der Waals surface area contributed by atoms with Crippen molar-refractivity contribution in [1.82, 2.24) is 19.5 Å². The smallest absolute Gasteiger partial charge is 0.164 e. The molecule has 8 aromatic carbocycles. The molecule has 0 saturated carbocycles. The minimum atomic E-state index is -0.171. The van der Waals surface area contributed by atoms with Gasteiger partial charge in [0.05, 0.1) is 19.3 Å². The van der Waals surface area contributed by atoms with Gasteiger partial charge >= 0.3 is 0 Å². The van der Waals surface area contributed by atoms with Gasteiger partial charge in [-0.15, -0.1) is 0 Å². The lowest BCUT2D eigenvalue weighted by Crippen LogP contribution is -2.02. The molecular weight excluding hydrogens is 669 g/mol. The van der Waals surface area contributed by atoms with Crippen LogP contribution in [0.4, 0.5) is 0 Å². The molecule has 4 heteroatoms. The monoisotopic (exact) mass is 708 g/mol. The SMILES string of the molecule is [2H]c1cc([2H])c2c(c1[2H])c1c([2H])c([2H])cc([2H])c1n2-c1cc(-c2ccccc2)cc(-c2nc(-c3ccc(-c4ccccc4)cc3)nc(-c3ccc(-c4ccccc4)cc3)n2)c1. The summed E-state index contributed by atoms with van der Waals surface area (Å²) in [5.41, 5.74) is 9.32. The molecule has 10 aromatic rings. The molecule has 0 aliphatic rings. The molecule has 0 atom stereocenters. The van der Waals surface area contributed by atoms with Crippen molar-refractivity contribution in [3.05, 3.63) is 206 Å². The fourth-order valence-corrected chi connectivity index (χ4v) is 7.09. The lowest BCUT2D eigenvalue weighted by molar-refractivity contribution is 1.07. The molecule has 0 spiro atoms. The van der Waals surface area contributed by atoms with E-state index in [1.54, 1.807) is 4.57 Å². The van der Waals surface area contributed by atoms with Crippen LogP contribution in [-0.2, 0) is 0 Å². The second kappa shape index (κ2) is 13.8. The van der Waals surface area contributed by atoms with Gasteiger partial charge < -0.3 is 4.57 Å². The van der Waals surface area contributed by atoms with Gasteiger partial charge in [0, 0.05) is 33.2 Å². The second-order valence-electron chi connectivity index (χ2n) is 13.2. The number of rotatable bonds is 7. The van der Waals surface area contributed by atoms with Crippen LogP contribution >= 0.6 is 0 Å². The number of aromatic nitrogens is 4. The molecule has 2 aromatic heterocycles. The fraction of sp³-hybridized carbons (Fsp3) is 0. The van der Waals surface area contributed by atoms with Gasteiger partial charge in [-0.05, 0) is 63.7 Å². The third-order valence-corrected chi connectivity index (χ3v) is 9.80. The highest BCUT2D eigenvalue weighted by Gasteiger charge is 2.18. The van der Waals surface area contributed by atoms with Crippen LogP contribution in [0.25, 0.3) is 95.0 Å². The average Bonchev–Trinajstić information content (AvgIpc) is 3.69. The number of hydrogen-bond donors (Lipinski definition) is 0. The Kier molecular flexibility index (Phi) is 6.63. The van der Waals surface area contributed by atoms with Crippen molar-refractivity contribution in [2.45, 2.75) is 0 Å². The second-order valence-corrected chi connectivity index (χ2v) is 13.2. The normalized spacial score (nSPS) is 12.8. The molecule has 0 unspecified atom stereocenters. The lowest BCUT2D eigenvalue weighted by atomic mass is 10.0. The summed E-state index contributed by atoms with van der Waals surface area (Å²) in [5.74, 6) is 1.34. The summed E-state index contributed by atoms with van der Waals surface area (Å²) in [6, 6.07) is 54.2. The van der Waals surface area contributed by atoms with E-state index in [1.807, 2.05) is 109 Å². The predicted octanol–water partition coefficient (Wildman–Crippen LogP) is 13.0. The van der Waals surface area contributed by atoms with Crippen LogP contribution in [-0.4, -0.2) is 19.5 Å². The molecule has 0 aliphatic heterocycles. The number of benzene rings is 8. The molecule has 0 fully saturated rings. The van der Waals surface area contributed by atoms with E-state index < -0.39 is 0 Å². The van der Waals surface area contributed by atoms with Crippen molar-refractivity contribution in [3.63, 3.8) is 0 Å². The van der Waals surface area contributed by atoms with E-state index in [0.29, 0.717) is 28.7 Å². The molecule has 10 rings (SSSR count). The van der Waals surface area contributed by atoms with E-state index in [4.69, 9.17) is 23.2 Å². The molecule has 0 radical (unpaired) electrons. The van der Waals surface area contributed by atoms with Gasteiger partial charge in [-0.2, -0.15) is 0 Å². The van der Waals surface area contributed by atoms with E-state index in [-0.39, 0.29) is 58.1 Å². The van der Waals surface area contributed by atoms with Crippen LogP contribution in [0.15, 0.2) is 206 Å². The van der Waals surface area contributed by atoms with Crippen LogP contribution < -0.4 is 0 Å². The van der Waals surface area contributed by atoms with Gasteiger partial charge in [0.2, 0.25) is 0 Å². The summed E-state index contributed by atoms with van der Waals surface area (Å²) in [4.78, 5) is 15.3. The Hall–Kier alpha value is -7.43. The number of para-hydroxylation sites is 2. The molecule has 0 amide bonds. The number of fused-ring (bicyclic) bond motifs is 3. The third kappa shape index (κ3) is 6.16. The van der Waals surface area contributed by atoms with Gasteiger partial charge in [0.15, 0.2) is 17.5 Å². The lowest BCUT2D eigenvalue weighted by Gasteiger charge is -2.14. The molecule has 0 saturated heterocycles. The molecule has 4 nitrogen and oxygen atoms in total. The highest BCUT2D eigenvalue weighted by Crippen LogP contribution is 2.36. The van der Waals surface area contributed by atoms with Crippen LogP contribution in [0.1, 0.15) is 8.22 Å². The van der Waals surface area contributed by atoms with E-state index >= 15 is 0 Å². The summed E-state index contributed by atoms with van der Waals surface area (Å²) < 4.78 is 54.9. The maximum absolute atomic E-state index is 9.11. The van der Waals surface area contributed by atoms with Gasteiger partial charge in [0.1, 0.15) is 0 Å². The summed E-state index contributed by atoms with van der Waals surface area (Å²) in [7, 11) is 0. The van der Waals surface area contributed by atoms with Crippen molar-refractivity contribution in [2.75, 3.05) is 0 Å². The van der Waals surface area contributed by atoms with E-state index in [9.17, 15) is 0 Å². The molecule has 55 heavy (non-hydrogen) atoms. The summed E-state index contributed by atoms with van der Waals surface area (Å²) in [6.07, 6.45) is 0. The molecule has 258 valence electrons. The predicted molar refractivity (Wildman–Crippen MR) is 227 cm³/mol. The zero-order valence-corrected chi connectivity index (χ0v) is 29.5. The summed E-state index contributed by atoms with van der Waals surface area (Å²) in [6.45, 7) is 0. The highest BCUT2D eigenvalue weighted by atomic mass is 15.0. The number of hydrogen-bond acceptors (Lipinski definition) is 3. The molecule has 2 heterocycles. The quantitative estimate of drug-likeness (QED) is 0.166. The van der Waals surface area contributed by atoms with E-state index in [0.717, 1.165) is 44.5 Å². The Morgan fingerprint density at radius 3 is 1.15 bits per heavy atom. The van der Waals surface area contributed by atoms with Gasteiger partial charge in [-0.1, -0.05) is 176 Å². The minimum absolute atomic E-state index is 0.0353. The Bertz CT molecular complexity index is 3110. The molecule has 0 bridgehead atoms. The van der Waals surface area contributed by atoms with E-state index in [1.165, 1.54) is 12.1 Å². The first-order valence-electron chi connectivity index (χ1n) is 21.0.